The quantitative estimate of drug-likeness (QED) is 0.878. The number of amides is 1. The maximum Gasteiger partial charge on any atom is 0.410 e. The lowest BCUT2D eigenvalue weighted by molar-refractivity contribution is 0.0151. The Hall–Kier alpha value is -1.26. The predicted octanol–water partition coefficient (Wildman–Crippen LogP) is 4.29. The lowest BCUT2D eigenvalue weighted by Crippen LogP contribution is -2.45. The van der Waals surface area contributed by atoms with Gasteiger partial charge >= 0.3 is 6.09 Å². The monoisotopic (exact) mass is 352 g/mol. The number of hydrogen-bond donors (Lipinski definition) is 1. The molecule has 1 aromatic rings. The average molecular weight is 353 g/mol. The van der Waals surface area contributed by atoms with E-state index in [1.807, 2.05) is 44.9 Å². The highest BCUT2D eigenvalue weighted by Gasteiger charge is 2.32. The number of carbonyl (C=O) groups excluding carboxylic acids is 1. The number of nitrogens with zero attached hydrogens (tertiary/aromatic N) is 1. The average Bonchev–Trinajstić information content (AvgIpc) is 2.52. The summed E-state index contributed by atoms with van der Waals surface area (Å²) in [5.41, 5.74) is 0.815. The Kier molecular flexibility index (Phi) is 6.53. The standard InChI is InChI=1S/C19H29ClN2O2/c1-19(2,3)24-18(23)22-11-5-6-15(13-22)17(12-21-4)14-7-9-16(20)10-8-14/h7-10,15,17,21H,5-6,11-13H2,1-4H3. The topological polar surface area (TPSA) is 41.6 Å². The third-order valence-corrected chi connectivity index (χ3v) is 4.65. The molecule has 0 bridgehead atoms. The summed E-state index contributed by atoms with van der Waals surface area (Å²) >= 11 is 6.02. The van der Waals surface area contributed by atoms with Crippen molar-refractivity contribution in [2.24, 2.45) is 5.92 Å². The van der Waals surface area contributed by atoms with Gasteiger partial charge in [0, 0.05) is 30.6 Å². The van der Waals surface area contributed by atoms with Gasteiger partial charge in [-0.2, -0.15) is 0 Å². The van der Waals surface area contributed by atoms with E-state index in [1.54, 1.807) is 0 Å². The molecule has 1 heterocycles. The van der Waals surface area contributed by atoms with Gasteiger partial charge in [0.1, 0.15) is 5.60 Å². The first-order valence-corrected chi connectivity index (χ1v) is 9.06. The van der Waals surface area contributed by atoms with Crippen molar-refractivity contribution < 1.29 is 9.53 Å². The summed E-state index contributed by atoms with van der Waals surface area (Å²) in [7, 11) is 1.97. The van der Waals surface area contributed by atoms with Crippen LogP contribution in [0.3, 0.4) is 0 Å². The maximum atomic E-state index is 12.4. The fourth-order valence-corrected chi connectivity index (χ4v) is 3.44. The van der Waals surface area contributed by atoms with Crippen LogP contribution in [0.1, 0.15) is 45.1 Å². The van der Waals surface area contributed by atoms with E-state index < -0.39 is 5.60 Å². The first-order chi connectivity index (χ1) is 11.3. The van der Waals surface area contributed by atoms with Crippen LogP contribution in [-0.4, -0.2) is 43.3 Å². The van der Waals surface area contributed by atoms with E-state index >= 15 is 0 Å². The Labute approximate surface area is 150 Å². The molecular formula is C19H29ClN2O2. The fraction of sp³-hybridized carbons (Fsp3) is 0.632. The van der Waals surface area contributed by atoms with E-state index in [9.17, 15) is 4.79 Å². The minimum atomic E-state index is -0.454. The molecule has 1 aliphatic heterocycles. The molecule has 1 N–H and O–H groups in total. The highest BCUT2D eigenvalue weighted by molar-refractivity contribution is 6.30. The van der Waals surface area contributed by atoms with Gasteiger partial charge in [-0.05, 0) is 64.3 Å². The van der Waals surface area contributed by atoms with E-state index in [4.69, 9.17) is 16.3 Å². The molecular weight excluding hydrogens is 324 g/mol. The summed E-state index contributed by atoms with van der Waals surface area (Å²) in [5.74, 6) is 0.775. The number of likely N-dealkylation sites (N-methyl/N-ethyl adjacent to an activating group) is 1. The molecule has 1 fully saturated rings. The molecule has 2 rings (SSSR count). The minimum absolute atomic E-state index is 0.202. The number of ether oxygens (including phenoxy) is 1. The molecule has 4 nitrogen and oxygen atoms in total. The minimum Gasteiger partial charge on any atom is -0.444 e. The van der Waals surface area contributed by atoms with Crippen LogP contribution in [0.15, 0.2) is 24.3 Å². The molecule has 0 radical (unpaired) electrons. The largest absolute Gasteiger partial charge is 0.444 e. The normalized spacial score (nSPS) is 19.9. The Morgan fingerprint density at radius 3 is 2.62 bits per heavy atom. The lowest BCUT2D eigenvalue weighted by atomic mass is 9.81. The fourth-order valence-electron chi connectivity index (χ4n) is 3.32. The number of nitrogens with one attached hydrogen (secondary N) is 1. The van der Waals surface area contributed by atoms with Crippen molar-refractivity contribution in [1.29, 1.82) is 0 Å². The third kappa shape index (κ3) is 5.38. The van der Waals surface area contributed by atoms with Gasteiger partial charge in [0.05, 0.1) is 0 Å². The molecule has 134 valence electrons. The summed E-state index contributed by atoms with van der Waals surface area (Å²) < 4.78 is 5.54. The Bertz CT molecular complexity index is 539. The van der Waals surface area contributed by atoms with Gasteiger partial charge in [0.15, 0.2) is 0 Å². The smallest absolute Gasteiger partial charge is 0.410 e. The van der Waals surface area contributed by atoms with E-state index in [0.717, 1.165) is 37.5 Å². The zero-order chi connectivity index (χ0) is 17.7. The van der Waals surface area contributed by atoms with Crippen LogP contribution in [0.4, 0.5) is 4.79 Å². The van der Waals surface area contributed by atoms with Crippen molar-refractivity contribution in [2.45, 2.75) is 45.1 Å². The van der Waals surface area contributed by atoms with Crippen LogP contribution in [0.2, 0.25) is 5.02 Å². The van der Waals surface area contributed by atoms with Gasteiger partial charge in [-0.15, -0.1) is 0 Å². The zero-order valence-electron chi connectivity index (χ0n) is 15.1. The molecule has 1 aromatic carbocycles. The second-order valence-electron chi connectivity index (χ2n) is 7.54. The van der Waals surface area contributed by atoms with Crippen LogP contribution in [0.5, 0.6) is 0 Å². The first-order valence-electron chi connectivity index (χ1n) is 8.68. The number of rotatable bonds is 4. The summed E-state index contributed by atoms with van der Waals surface area (Å²) in [4.78, 5) is 14.3. The van der Waals surface area contributed by atoms with Gasteiger partial charge in [-0.25, -0.2) is 4.79 Å². The summed E-state index contributed by atoms with van der Waals surface area (Å²) in [5, 5.41) is 4.04. The van der Waals surface area contributed by atoms with Crippen molar-refractivity contribution in [3.05, 3.63) is 34.9 Å². The van der Waals surface area contributed by atoms with Crippen LogP contribution >= 0.6 is 11.6 Å². The van der Waals surface area contributed by atoms with E-state index in [1.165, 1.54) is 5.56 Å². The molecule has 2 atom stereocenters. The van der Waals surface area contributed by atoms with Crippen molar-refractivity contribution in [3.8, 4) is 0 Å². The van der Waals surface area contributed by atoms with Crippen LogP contribution in [0, 0.1) is 5.92 Å². The molecule has 0 spiro atoms. The van der Waals surface area contributed by atoms with Crippen LogP contribution < -0.4 is 5.32 Å². The van der Waals surface area contributed by atoms with E-state index in [-0.39, 0.29) is 6.09 Å². The number of piperidine rings is 1. The van der Waals surface area contributed by atoms with Gasteiger partial charge in [-0.3, -0.25) is 0 Å². The molecule has 24 heavy (non-hydrogen) atoms. The van der Waals surface area contributed by atoms with Crippen LogP contribution in [-0.2, 0) is 4.74 Å². The maximum absolute atomic E-state index is 12.4. The number of halogens is 1. The summed E-state index contributed by atoms with van der Waals surface area (Å²) in [6, 6.07) is 8.07. The predicted molar refractivity (Wildman–Crippen MR) is 98.7 cm³/mol. The van der Waals surface area contributed by atoms with Crippen molar-refractivity contribution in [1.82, 2.24) is 10.2 Å². The van der Waals surface area contributed by atoms with Gasteiger partial charge in [-0.1, -0.05) is 23.7 Å². The highest BCUT2D eigenvalue weighted by Crippen LogP contribution is 2.32. The van der Waals surface area contributed by atoms with Gasteiger partial charge < -0.3 is 15.0 Å². The molecule has 1 amide bonds. The number of likely N-dealkylation sites (tertiary alicyclic amines) is 1. The van der Waals surface area contributed by atoms with Gasteiger partial charge in [0.2, 0.25) is 0 Å². The number of hydrogen-bond acceptors (Lipinski definition) is 3. The van der Waals surface area contributed by atoms with Crippen molar-refractivity contribution in [2.75, 3.05) is 26.7 Å². The highest BCUT2D eigenvalue weighted by atomic mass is 35.5. The zero-order valence-corrected chi connectivity index (χ0v) is 15.9. The molecule has 1 saturated heterocycles. The molecule has 2 unspecified atom stereocenters. The van der Waals surface area contributed by atoms with E-state index in [0.29, 0.717) is 11.8 Å². The first kappa shape index (κ1) is 19.1. The molecule has 0 saturated carbocycles. The van der Waals surface area contributed by atoms with Crippen LogP contribution in [0.25, 0.3) is 0 Å². The molecule has 5 heteroatoms. The second kappa shape index (κ2) is 8.21. The van der Waals surface area contributed by atoms with Crippen molar-refractivity contribution in [3.63, 3.8) is 0 Å². The molecule has 0 aromatic heterocycles. The third-order valence-electron chi connectivity index (χ3n) is 4.40. The molecule has 1 aliphatic rings. The van der Waals surface area contributed by atoms with Crippen molar-refractivity contribution >= 4 is 17.7 Å². The van der Waals surface area contributed by atoms with E-state index in [2.05, 4.69) is 17.4 Å². The Balaban J connectivity index is 2.09. The van der Waals surface area contributed by atoms with Gasteiger partial charge in [0.25, 0.3) is 0 Å². The Morgan fingerprint density at radius 1 is 1.38 bits per heavy atom. The second-order valence-corrected chi connectivity index (χ2v) is 7.98. The number of benzene rings is 1. The summed E-state index contributed by atoms with van der Waals surface area (Å²) in [6.45, 7) is 8.12. The summed E-state index contributed by atoms with van der Waals surface area (Å²) in [6.07, 6.45) is 1.93. The Morgan fingerprint density at radius 2 is 2.04 bits per heavy atom. The SMILES string of the molecule is CNCC(c1ccc(Cl)cc1)C1CCCN(C(=O)OC(C)(C)C)C1. The molecule has 0 aliphatic carbocycles. The lowest BCUT2D eigenvalue weighted by Gasteiger charge is -2.37. The number of carbonyl (C=O) groups is 1.